The van der Waals surface area contributed by atoms with Crippen LogP contribution in [0.3, 0.4) is 0 Å². The van der Waals surface area contributed by atoms with E-state index in [0.29, 0.717) is 11.1 Å². The first-order chi connectivity index (χ1) is 18.5. The molecule has 2 aliphatic heterocycles. The van der Waals surface area contributed by atoms with Crippen LogP contribution in [0.1, 0.15) is 42.0 Å². The number of hydrogen-bond donors (Lipinski definition) is 1. The van der Waals surface area contributed by atoms with Gasteiger partial charge < -0.3 is 10.2 Å². The zero-order chi connectivity index (χ0) is 28.1. The number of alkyl halides is 3. The van der Waals surface area contributed by atoms with Crippen molar-refractivity contribution >= 4 is 29.4 Å². The van der Waals surface area contributed by atoms with Crippen LogP contribution >= 0.6 is 0 Å². The van der Waals surface area contributed by atoms with Crippen LogP contribution in [-0.2, 0) is 15.8 Å². The number of urea groups is 2. The smallest absolute Gasteiger partial charge is 0.344 e. The fourth-order valence-electron chi connectivity index (χ4n) is 5.22. The molecule has 0 radical (unpaired) electrons. The largest absolute Gasteiger partial charge is 0.416 e. The summed E-state index contributed by atoms with van der Waals surface area (Å²) >= 11 is 0. The van der Waals surface area contributed by atoms with Gasteiger partial charge in [-0.15, -0.1) is 0 Å². The minimum absolute atomic E-state index is 0.00994. The summed E-state index contributed by atoms with van der Waals surface area (Å²) in [6.07, 6.45) is -4.56. The lowest BCUT2D eigenvalue weighted by atomic mass is 9.92. The van der Waals surface area contributed by atoms with Crippen LogP contribution in [0.25, 0.3) is 0 Å². The predicted octanol–water partition coefficient (Wildman–Crippen LogP) is 4.12. The van der Waals surface area contributed by atoms with E-state index in [4.69, 9.17) is 0 Å². The van der Waals surface area contributed by atoms with Crippen LogP contribution in [0.4, 0.5) is 28.4 Å². The number of halogens is 3. The van der Waals surface area contributed by atoms with E-state index >= 15 is 0 Å². The number of benzene rings is 2. The van der Waals surface area contributed by atoms with Crippen molar-refractivity contribution in [3.05, 3.63) is 76.5 Å². The minimum Gasteiger partial charge on any atom is -0.344 e. The Hall–Kier alpha value is -4.66. The first kappa shape index (κ1) is 26.0. The van der Waals surface area contributed by atoms with Crippen molar-refractivity contribution in [2.45, 2.75) is 37.5 Å². The molecule has 2 aromatic carbocycles. The molecule has 200 valence electrons. The lowest BCUT2D eigenvalue weighted by Crippen LogP contribution is -2.57. The van der Waals surface area contributed by atoms with Gasteiger partial charge >= 0.3 is 18.2 Å². The number of imide groups is 1. The number of carbonyl (C=O) groups is 4. The minimum atomic E-state index is -4.68. The molecule has 2 heterocycles. The standard InChI is InChI=1S/C27H22F3N5O4/c1-33-14-18(12-22(33)37)32-25(38)35-24(16-7-5-15(13-31)6-8-16)23-20(9-10-21(23)36)34(26(35)39)19-4-2-3-17(11-19)27(28,29)30/h2-8,11,18,24H,9-10,12,14H2,1H3,(H,32,38). The van der Waals surface area contributed by atoms with E-state index in [2.05, 4.69) is 5.32 Å². The third-order valence-corrected chi connectivity index (χ3v) is 7.07. The molecule has 0 spiro atoms. The van der Waals surface area contributed by atoms with E-state index in [1.807, 2.05) is 6.07 Å². The SMILES string of the molecule is CN1CC(NC(=O)N2C(=O)N(c3cccc(C(F)(F)F)c3)C3=C(C(=O)CC3)C2c2ccc(C#N)cc2)CC1=O. The Morgan fingerprint density at radius 3 is 2.41 bits per heavy atom. The summed E-state index contributed by atoms with van der Waals surface area (Å²) in [7, 11) is 1.57. The first-order valence-corrected chi connectivity index (χ1v) is 12.1. The number of carbonyl (C=O) groups excluding carboxylic acids is 4. The molecular formula is C27H22F3N5O4. The van der Waals surface area contributed by atoms with Gasteiger partial charge in [0.2, 0.25) is 5.91 Å². The lowest BCUT2D eigenvalue weighted by molar-refractivity contribution is -0.137. The van der Waals surface area contributed by atoms with Crippen LogP contribution in [-0.4, -0.2) is 53.2 Å². The number of nitrogens with zero attached hydrogens (tertiary/aromatic N) is 4. The van der Waals surface area contributed by atoms with Crippen molar-refractivity contribution in [2.24, 2.45) is 0 Å². The highest BCUT2D eigenvalue weighted by atomic mass is 19.4. The average molecular weight is 537 g/mol. The molecule has 12 heteroatoms. The van der Waals surface area contributed by atoms with Crippen LogP contribution in [0, 0.1) is 11.3 Å². The van der Waals surface area contributed by atoms with E-state index in [9.17, 15) is 37.6 Å². The van der Waals surface area contributed by atoms with Crippen LogP contribution < -0.4 is 10.2 Å². The van der Waals surface area contributed by atoms with Gasteiger partial charge in [0.25, 0.3) is 0 Å². The van der Waals surface area contributed by atoms with E-state index in [-0.39, 0.29) is 54.5 Å². The number of anilines is 1. The molecule has 2 unspecified atom stereocenters. The number of hydrogen-bond acceptors (Lipinski definition) is 5. The van der Waals surface area contributed by atoms with Crippen LogP contribution in [0.5, 0.6) is 0 Å². The highest BCUT2D eigenvalue weighted by Crippen LogP contribution is 2.45. The number of ketones is 1. The molecule has 3 aliphatic rings. The fourth-order valence-corrected chi connectivity index (χ4v) is 5.22. The van der Waals surface area contributed by atoms with Crippen LogP contribution in [0.2, 0.25) is 0 Å². The van der Waals surface area contributed by atoms with Crippen molar-refractivity contribution in [1.29, 1.82) is 5.26 Å². The summed E-state index contributed by atoms with van der Waals surface area (Å²) in [6, 6.07) is 8.52. The summed E-state index contributed by atoms with van der Waals surface area (Å²) in [4.78, 5) is 56.1. The fraction of sp³-hybridized carbons (Fsp3) is 0.296. The van der Waals surface area contributed by atoms with Gasteiger partial charge in [0.05, 0.1) is 35.0 Å². The van der Waals surface area contributed by atoms with Crippen molar-refractivity contribution in [1.82, 2.24) is 15.1 Å². The molecule has 2 atom stereocenters. The van der Waals surface area contributed by atoms with E-state index in [0.717, 1.165) is 28.0 Å². The number of nitrogens with one attached hydrogen (secondary N) is 1. The Morgan fingerprint density at radius 1 is 1.08 bits per heavy atom. The van der Waals surface area contributed by atoms with Crippen molar-refractivity contribution < 1.29 is 32.3 Å². The third-order valence-electron chi connectivity index (χ3n) is 7.07. The number of likely N-dealkylation sites (tertiary alicyclic amines) is 1. The second-order valence-corrected chi connectivity index (χ2v) is 9.58. The van der Waals surface area contributed by atoms with Crippen molar-refractivity contribution in [2.75, 3.05) is 18.5 Å². The van der Waals surface area contributed by atoms with Gasteiger partial charge in [-0.25, -0.2) is 14.5 Å². The second-order valence-electron chi connectivity index (χ2n) is 9.58. The quantitative estimate of drug-likeness (QED) is 0.633. The molecule has 5 rings (SSSR count). The van der Waals surface area contributed by atoms with Crippen LogP contribution in [0.15, 0.2) is 59.8 Å². The van der Waals surface area contributed by atoms with E-state index in [1.54, 1.807) is 7.05 Å². The molecule has 1 saturated heterocycles. The predicted molar refractivity (Wildman–Crippen MR) is 131 cm³/mol. The number of likely N-dealkylation sites (N-methyl/N-ethyl adjacent to an activating group) is 1. The Bertz CT molecular complexity index is 1460. The normalized spacial score (nSPS) is 21.4. The number of rotatable bonds is 3. The summed E-state index contributed by atoms with van der Waals surface area (Å²) in [6.45, 7) is 0.207. The van der Waals surface area contributed by atoms with Crippen molar-refractivity contribution in [3.63, 3.8) is 0 Å². The van der Waals surface area contributed by atoms with Gasteiger partial charge in [0, 0.05) is 37.7 Å². The maximum Gasteiger partial charge on any atom is 0.416 e. The van der Waals surface area contributed by atoms with Crippen molar-refractivity contribution in [3.8, 4) is 6.07 Å². The second kappa shape index (κ2) is 9.58. The monoisotopic (exact) mass is 537 g/mol. The molecular weight excluding hydrogens is 515 g/mol. The van der Waals surface area contributed by atoms with Gasteiger partial charge in [-0.1, -0.05) is 18.2 Å². The summed E-state index contributed by atoms with van der Waals surface area (Å²) in [5, 5.41) is 11.9. The van der Waals surface area contributed by atoms with Gasteiger partial charge in [-0.05, 0) is 42.3 Å². The Morgan fingerprint density at radius 2 is 1.79 bits per heavy atom. The highest BCUT2D eigenvalue weighted by Gasteiger charge is 2.49. The Labute approximate surface area is 221 Å². The molecule has 0 saturated carbocycles. The average Bonchev–Trinajstić information content (AvgIpc) is 3.43. The van der Waals surface area contributed by atoms with Gasteiger partial charge in [-0.2, -0.15) is 18.4 Å². The molecule has 5 amide bonds. The van der Waals surface area contributed by atoms with E-state index < -0.39 is 35.9 Å². The number of allylic oxidation sites excluding steroid dienone is 1. The molecule has 0 bridgehead atoms. The summed E-state index contributed by atoms with van der Waals surface area (Å²) in [5.41, 5.74) is -0.0867. The third kappa shape index (κ3) is 4.60. The zero-order valence-corrected chi connectivity index (χ0v) is 20.7. The molecule has 1 aliphatic carbocycles. The molecule has 39 heavy (non-hydrogen) atoms. The number of amides is 5. The molecule has 2 aromatic rings. The zero-order valence-electron chi connectivity index (χ0n) is 20.7. The Kier molecular flexibility index (Phi) is 6.38. The molecule has 9 nitrogen and oxygen atoms in total. The number of nitriles is 1. The topological polar surface area (TPSA) is 114 Å². The molecule has 1 N–H and O–H groups in total. The highest BCUT2D eigenvalue weighted by molar-refractivity contribution is 6.12. The molecule has 0 aromatic heterocycles. The Balaban J connectivity index is 1.64. The molecule has 1 fully saturated rings. The van der Waals surface area contributed by atoms with E-state index in [1.165, 1.54) is 35.2 Å². The van der Waals surface area contributed by atoms with Gasteiger partial charge in [0.1, 0.15) is 0 Å². The number of Topliss-reactive ketones (excluding diaryl/α,β-unsaturated/α-hetero) is 1. The summed E-state index contributed by atoms with van der Waals surface area (Å²) in [5.74, 6) is -0.548. The maximum absolute atomic E-state index is 14.0. The maximum atomic E-state index is 14.0. The summed E-state index contributed by atoms with van der Waals surface area (Å²) < 4.78 is 40.5. The van der Waals surface area contributed by atoms with Gasteiger partial charge in [0.15, 0.2) is 5.78 Å². The van der Waals surface area contributed by atoms with Gasteiger partial charge in [-0.3, -0.25) is 14.5 Å². The lowest BCUT2D eigenvalue weighted by Gasteiger charge is -2.41. The first-order valence-electron chi connectivity index (χ1n) is 12.1.